The largest absolute Gasteiger partial charge is 1.00 e. The second-order valence-electron chi connectivity index (χ2n) is 7.15. The van der Waals surface area contributed by atoms with Gasteiger partial charge in [0, 0.05) is 23.8 Å². The van der Waals surface area contributed by atoms with Crippen LogP contribution in [0.15, 0.2) is 64.1 Å². The van der Waals surface area contributed by atoms with E-state index in [1.165, 1.54) is 12.1 Å². The number of halogens is 4. The zero-order valence-electron chi connectivity index (χ0n) is 19.1. The zero-order valence-corrected chi connectivity index (χ0v) is 31.0. The average molecular weight is 840 g/mol. The first-order valence-electron chi connectivity index (χ1n) is 9.13. The predicted octanol–water partition coefficient (Wildman–Crippen LogP) is -1.16. The Balaban J connectivity index is 0.00000361. The standard InChI is InChI=1S/C20H12Br4O10S2.2Na/c21-16-14(15(20(27)28)17(22)19(24)18(16)23)13(7-1-3-9(25)11(5-7)35(29,30)31)8-2-4-10(26)12(6-8)36(32,33)34;;/h1-6,13,25-26H,(H,27,28)(H,29,30,31)(H,32,33,34);;/q;2*+1/p-2. The Bertz CT molecular complexity index is 1570. The van der Waals surface area contributed by atoms with Crippen molar-refractivity contribution in [2.24, 2.45) is 0 Å². The third-order valence-corrected chi connectivity index (χ3v) is 11.5. The summed E-state index contributed by atoms with van der Waals surface area (Å²) in [5.41, 5.74) is -0.525. The van der Waals surface area contributed by atoms with Crippen molar-refractivity contribution >= 4 is 89.9 Å². The molecule has 0 atom stereocenters. The predicted molar refractivity (Wildman–Crippen MR) is 137 cm³/mol. The summed E-state index contributed by atoms with van der Waals surface area (Å²) in [5.74, 6) is -4.51. The van der Waals surface area contributed by atoms with Gasteiger partial charge in [0.05, 0.1) is 15.4 Å². The summed E-state index contributed by atoms with van der Waals surface area (Å²) >= 11 is 13.0. The molecule has 0 saturated carbocycles. The van der Waals surface area contributed by atoms with Crippen molar-refractivity contribution in [2.75, 3.05) is 0 Å². The van der Waals surface area contributed by atoms with E-state index in [2.05, 4.69) is 63.7 Å². The first-order chi connectivity index (χ1) is 16.5. The van der Waals surface area contributed by atoms with Crippen LogP contribution in [0.1, 0.15) is 33.0 Å². The third kappa shape index (κ3) is 7.45. The van der Waals surface area contributed by atoms with E-state index in [0.29, 0.717) is 4.47 Å². The van der Waals surface area contributed by atoms with Crippen LogP contribution in [-0.4, -0.2) is 47.2 Å². The Morgan fingerprint density at radius 1 is 0.711 bits per heavy atom. The molecular weight excluding hydrogens is 830 g/mol. The van der Waals surface area contributed by atoms with Gasteiger partial charge in [0.1, 0.15) is 31.7 Å². The monoisotopic (exact) mass is 836 g/mol. The van der Waals surface area contributed by atoms with Crippen LogP contribution in [0.2, 0.25) is 0 Å². The van der Waals surface area contributed by atoms with Gasteiger partial charge in [-0.1, -0.05) is 12.1 Å². The van der Waals surface area contributed by atoms with Crippen molar-refractivity contribution in [1.82, 2.24) is 0 Å². The molecular formula is C20H10Br4Na2O10S2. The van der Waals surface area contributed by atoms with E-state index in [1.54, 1.807) is 0 Å². The molecule has 0 spiro atoms. The van der Waals surface area contributed by atoms with Crippen LogP contribution in [0.5, 0.6) is 11.5 Å². The maximum atomic E-state index is 12.3. The molecule has 0 unspecified atom stereocenters. The maximum Gasteiger partial charge on any atom is 1.00 e. The summed E-state index contributed by atoms with van der Waals surface area (Å²) in [6.45, 7) is 0. The van der Waals surface area contributed by atoms with Gasteiger partial charge in [-0.05, 0) is 105 Å². The molecule has 0 amide bonds. The van der Waals surface area contributed by atoms with Gasteiger partial charge in [-0.15, -0.1) is 0 Å². The first-order valence-corrected chi connectivity index (χ1v) is 15.1. The van der Waals surface area contributed by atoms with Crippen molar-refractivity contribution in [1.29, 1.82) is 0 Å². The summed E-state index contributed by atoms with van der Waals surface area (Å²) in [6, 6.07) is 5.79. The Labute approximate surface area is 294 Å². The number of aromatic carboxylic acids is 1. The molecule has 0 fully saturated rings. The van der Waals surface area contributed by atoms with Crippen molar-refractivity contribution in [3.8, 4) is 11.5 Å². The molecule has 18 heteroatoms. The fraction of sp³-hybridized carbons (Fsp3) is 0.0500. The molecule has 0 heterocycles. The van der Waals surface area contributed by atoms with Gasteiger partial charge in [0.2, 0.25) is 0 Å². The summed E-state index contributed by atoms with van der Waals surface area (Å²) in [6.07, 6.45) is 0. The van der Waals surface area contributed by atoms with Crippen LogP contribution in [0.3, 0.4) is 0 Å². The Kier molecular flexibility index (Phi) is 13.1. The van der Waals surface area contributed by atoms with Crippen LogP contribution in [0.25, 0.3) is 0 Å². The number of hydrogen-bond acceptors (Lipinski definition) is 9. The topological polar surface area (TPSA) is 192 Å². The van der Waals surface area contributed by atoms with Gasteiger partial charge in [-0.3, -0.25) is 0 Å². The van der Waals surface area contributed by atoms with Gasteiger partial charge in [0.25, 0.3) is 0 Å². The van der Waals surface area contributed by atoms with Crippen LogP contribution < -0.4 is 59.1 Å². The quantitative estimate of drug-likeness (QED) is 0.0898. The number of phenols is 2. The molecule has 0 aromatic heterocycles. The van der Waals surface area contributed by atoms with E-state index in [-0.39, 0.29) is 94.8 Å². The Morgan fingerprint density at radius 2 is 1.08 bits per heavy atom. The minimum absolute atomic E-state index is 0. The molecule has 0 aliphatic carbocycles. The Hall–Kier alpha value is 0.470. The zero-order chi connectivity index (χ0) is 27.3. The molecule has 0 bridgehead atoms. The van der Waals surface area contributed by atoms with E-state index in [0.717, 1.165) is 24.3 Å². The number of carboxylic acid groups (broad SMARTS) is 1. The minimum atomic E-state index is -5.19. The van der Waals surface area contributed by atoms with Crippen LogP contribution >= 0.6 is 63.7 Å². The number of hydrogen-bond donors (Lipinski definition) is 3. The molecule has 3 N–H and O–H groups in total. The van der Waals surface area contributed by atoms with E-state index >= 15 is 0 Å². The van der Waals surface area contributed by atoms with E-state index < -0.39 is 53.4 Å². The number of carbonyl (C=O) groups is 1. The van der Waals surface area contributed by atoms with Crippen molar-refractivity contribution in [3.05, 3.63) is 76.5 Å². The second kappa shape index (κ2) is 13.6. The molecule has 192 valence electrons. The molecule has 0 aliphatic rings. The number of rotatable bonds is 6. The normalized spacial score (nSPS) is 11.6. The van der Waals surface area contributed by atoms with Gasteiger partial charge in [0.15, 0.2) is 0 Å². The summed E-state index contributed by atoms with van der Waals surface area (Å²) in [5, 5.41) is 29.9. The Morgan fingerprint density at radius 3 is 1.42 bits per heavy atom. The minimum Gasteiger partial charge on any atom is -0.744 e. The fourth-order valence-electron chi connectivity index (χ4n) is 3.48. The number of aromatic hydroxyl groups is 2. The fourth-order valence-corrected chi connectivity index (χ4v) is 7.23. The van der Waals surface area contributed by atoms with Crippen molar-refractivity contribution in [2.45, 2.75) is 15.7 Å². The first kappa shape index (κ1) is 36.5. The molecule has 0 saturated heterocycles. The van der Waals surface area contributed by atoms with E-state index in [1.807, 2.05) is 0 Å². The molecule has 3 rings (SSSR count). The van der Waals surface area contributed by atoms with Gasteiger partial charge < -0.3 is 24.4 Å². The number of benzene rings is 3. The van der Waals surface area contributed by atoms with E-state index in [9.17, 15) is 46.1 Å². The molecule has 0 aliphatic heterocycles. The van der Waals surface area contributed by atoms with Crippen LogP contribution in [-0.2, 0) is 20.2 Å². The average Bonchev–Trinajstić information content (AvgIpc) is 2.76. The molecule has 3 aromatic carbocycles. The van der Waals surface area contributed by atoms with Crippen molar-refractivity contribution < 1.29 is 105 Å². The molecule has 0 radical (unpaired) electrons. The van der Waals surface area contributed by atoms with Crippen molar-refractivity contribution in [3.63, 3.8) is 0 Å². The van der Waals surface area contributed by atoms with E-state index in [4.69, 9.17) is 0 Å². The summed E-state index contributed by atoms with van der Waals surface area (Å²) in [4.78, 5) is 10.3. The summed E-state index contributed by atoms with van der Waals surface area (Å²) < 4.78 is 71.2. The van der Waals surface area contributed by atoms with Gasteiger partial charge in [-0.25, -0.2) is 21.6 Å². The van der Waals surface area contributed by atoms with Gasteiger partial charge >= 0.3 is 65.1 Å². The van der Waals surface area contributed by atoms with Gasteiger partial charge in [-0.2, -0.15) is 0 Å². The molecule has 3 aromatic rings. The molecule has 10 nitrogen and oxygen atoms in total. The summed E-state index contributed by atoms with van der Waals surface area (Å²) in [7, 11) is -10.4. The number of carboxylic acids is 1. The maximum absolute atomic E-state index is 12.3. The SMILES string of the molecule is O=C(O)c1c(Br)c(Br)c(Br)c(Br)c1C(c1ccc(O)c(S(=O)(=O)[O-])c1)c1ccc(O)c(S(=O)(=O)[O-])c1.[Na+].[Na+]. The van der Waals surface area contributed by atoms with Crippen LogP contribution in [0.4, 0.5) is 0 Å². The van der Waals surface area contributed by atoms with Crippen LogP contribution in [0, 0.1) is 0 Å². The number of phenolic OH excluding ortho intramolecular Hbond substituents is 2. The smallest absolute Gasteiger partial charge is 0.744 e. The molecule has 38 heavy (non-hydrogen) atoms. The third-order valence-electron chi connectivity index (χ3n) is 4.98. The second-order valence-corrected chi connectivity index (χ2v) is 13.0.